The van der Waals surface area contributed by atoms with Gasteiger partial charge in [0.1, 0.15) is 24.3 Å². The average molecular weight is 267 g/mol. The minimum absolute atomic E-state index is 0.0285. The van der Waals surface area contributed by atoms with Crippen LogP contribution in [0, 0.1) is 5.82 Å². The third-order valence-electron chi connectivity index (χ3n) is 3.69. The second-order valence-electron chi connectivity index (χ2n) is 5.00. The molecule has 1 aliphatic heterocycles. The summed E-state index contributed by atoms with van der Waals surface area (Å²) < 4.78 is 25.0. The molecule has 2 aliphatic rings. The molecule has 0 saturated carbocycles. The van der Waals surface area contributed by atoms with Crippen LogP contribution in [0.4, 0.5) is 4.39 Å². The molecule has 1 unspecified atom stereocenters. The van der Waals surface area contributed by atoms with E-state index in [-0.39, 0.29) is 11.9 Å². The third-order valence-corrected chi connectivity index (χ3v) is 3.69. The van der Waals surface area contributed by atoms with Gasteiger partial charge in [0.15, 0.2) is 0 Å². The first kappa shape index (κ1) is 12.8. The number of hydrogen-bond donors (Lipinski definition) is 2. The Bertz CT molecular complexity index is 460. The van der Waals surface area contributed by atoms with Gasteiger partial charge in [-0.1, -0.05) is 0 Å². The number of aliphatic hydroxyl groups excluding tert-OH is 1. The number of ether oxygens (including phenoxy) is 2. The Morgan fingerprint density at radius 2 is 2.37 bits per heavy atom. The summed E-state index contributed by atoms with van der Waals surface area (Å²) >= 11 is 0. The lowest BCUT2D eigenvalue weighted by atomic mass is 10.1. The summed E-state index contributed by atoms with van der Waals surface area (Å²) in [4.78, 5) is 0. The highest BCUT2D eigenvalue weighted by atomic mass is 19.1. The van der Waals surface area contributed by atoms with Gasteiger partial charge < -0.3 is 19.9 Å². The van der Waals surface area contributed by atoms with Gasteiger partial charge in [-0.3, -0.25) is 0 Å². The molecule has 0 aromatic heterocycles. The molecule has 2 atom stereocenters. The monoisotopic (exact) mass is 267 g/mol. The van der Waals surface area contributed by atoms with Crippen molar-refractivity contribution in [3.63, 3.8) is 0 Å². The van der Waals surface area contributed by atoms with E-state index in [0.717, 1.165) is 18.7 Å². The van der Waals surface area contributed by atoms with Crippen molar-refractivity contribution in [1.82, 2.24) is 5.32 Å². The summed E-state index contributed by atoms with van der Waals surface area (Å²) in [7, 11) is 0. The summed E-state index contributed by atoms with van der Waals surface area (Å²) in [5.41, 5.74) is 1.21. The van der Waals surface area contributed by atoms with Gasteiger partial charge in [0, 0.05) is 24.2 Å². The molecule has 1 saturated heterocycles. The fourth-order valence-corrected chi connectivity index (χ4v) is 2.70. The smallest absolute Gasteiger partial charge is 0.129 e. The maximum Gasteiger partial charge on any atom is 0.129 e. The zero-order valence-electron chi connectivity index (χ0n) is 10.7. The zero-order chi connectivity index (χ0) is 13.2. The molecule has 2 N–H and O–H groups in total. The van der Waals surface area contributed by atoms with Crippen LogP contribution in [0.25, 0.3) is 0 Å². The molecule has 0 radical (unpaired) electrons. The molecule has 19 heavy (non-hydrogen) atoms. The Hall–Kier alpha value is -1.17. The van der Waals surface area contributed by atoms with E-state index < -0.39 is 6.10 Å². The Balaban J connectivity index is 1.71. The van der Waals surface area contributed by atoms with Crippen LogP contribution in [-0.4, -0.2) is 37.5 Å². The summed E-state index contributed by atoms with van der Waals surface area (Å²) in [6.45, 7) is 2.77. The number of morpholine rings is 1. The van der Waals surface area contributed by atoms with Crippen molar-refractivity contribution in [1.29, 1.82) is 0 Å². The lowest BCUT2D eigenvalue weighted by molar-refractivity contribution is 0.00000987. The minimum atomic E-state index is -0.703. The fourth-order valence-electron chi connectivity index (χ4n) is 2.70. The summed E-state index contributed by atoms with van der Waals surface area (Å²) in [6, 6.07) is 3.01. The van der Waals surface area contributed by atoms with E-state index >= 15 is 0 Å². The first-order chi connectivity index (χ1) is 9.25. The Kier molecular flexibility index (Phi) is 3.68. The van der Waals surface area contributed by atoms with Crippen LogP contribution in [0.1, 0.15) is 23.7 Å². The predicted molar refractivity (Wildman–Crippen MR) is 67.8 cm³/mol. The topological polar surface area (TPSA) is 50.7 Å². The van der Waals surface area contributed by atoms with E-state index in [4.69, 9.17) is 9.47 Å². The standard InChI is InChI=1S/C14H18FNO3/c15-11-2-4-13(10-1-3-12(17)14(10)11)19-8-9-7-16-5-6-18-9/h2,4,9,12,16-17H,1,3,5-8H2/t9-,12?/m0/s1. The number of aliphatic hydroxyl groups is 1. The summed E-state index contributed by atoms with van der Waals surface area (Å²) in [6.07, 6.45) is 0.550. The van der Waals surface area contributed by atoms with E-state index in [1.807, 2.05) is 0 Å². The highest BCUT2D eigenvalue weighted by Gasteiger charge is 2.27. The van der Waals surface area contributed by atoms with Crippen molar-refractivity contribution in [2.75, 3.05) is 26.3 Å². The lowest BCUT2D eigenvalue weighted by Crippen LogP contribution is -2.41. The van der Waals surface area contributed by atoms with Crippen molar-refractivity contribution < 1.29 is 19.0 Å². The molecule has 0 amide bonds. The Morgan fingerprint density at radius 1 is 1.47 bits per heavy atom. The first-order valence-electron chi connectivity index (χ1n) is 6.70. The van der Waals surface area contributed by atoms with Crippen molar-refractivity contribution >= 4 is 0 Å². The molecule has 1 aromatic carbocycles. The molecule has 104 valence electrons. The van der Waals surface area contributed by atoms with E-state index in [9.17, 15) is 9.50 Å². The van der Waals surface area contributed by atoms with Crippen molar-refractivity contribution in [3.05, 3.63) is 29.1 Å². The Morgan fingerprint density at radius 3 is 3.16 bits per heavy atom. The summed E-state index contributed by atoms with van der Waals surface area (Å²) in [5.74, 6) is 0.324. The number of fused-ring (bicyclic) bond motifs is 1. The van der Waals surface area contributed by atoms with E-state index in [0.29, 0.717) is 37.4 Å². The Labute approximate surface area is 111 Å². The highest BCUT2D eigenvalue weighted by Crippen LogP contribution is 2.38. The quantitative estimate of drug-likeness (QED) is 0.863. The van der Waals surface area contributed by atoms with Gasteiger partial charge in [0.05, 0.1) is 12.7 Å². The molecular weight excluding hydrogens is 249 g/mol. The van der Waals surface area contributed by atoms with Crippen LogP contribution in [-0.2, 0) is 11.2 Å². The van der Waals surface area contributed by atoms with Crippen LogP contribution in [0.3, 0.4) is 0 Å². The summed E-state index contributed by atoms with van der Waals surface area (Å²) in [5, 5.41) is 13.0. The van der Waals surface area contributed by atoms with Gasteiger partial charge in [-0.15, -0.1) is 0 Å². The SMILES string of the molecule is OC1CCc2c(OC[C@@H]3CNCCO3)ccc(F)c21. The fraction of sp³-hybridized carbons (Fsp3) is 0.571. The zero-order valence-corrected chi connectivity index (χ0v) is 10.7. The molecule has 4 nitrogen and oxygen atoms in total. The molecule has 5 heteroatoms. The normalized spacial score (nSPS) is 26.2. The van der Waals surface area contributed by atoms with Crippen molar-refractivity contribution in [2.45, 2.75) is 25.0 Å². The second kappa shape index (κ2) is 5.45. The molecule has 1 aromatic rings. The number of hydrogen-bond acceptors (Lipinski definition) is 4. The average Bonchev–Trinajstić information content (AvgIpc) is 2.83. The minimum Gasteiger partial charge on any atom is -0.491 e. The van der Waals surface area contributed by atoms with Crippen LogP contribution in [0.15, 0.2) is 12.1 Å². The van der Waals surface area contributed by atoms with E-state index in [2.05, 4.69) is 5.32 Å². The number of rotatable bonds is 3. The molecule has 1 aliphatic carbocycles. The first-order valence-corrected chi connectivity index (χ1v) is 6.70. The van der Waals surface area contributed by atoms with Crippen molar-refractivity contribution in [3.8, 4) is 5.75 Å². The van der Waals surface area contributed by atoms with Crippen LogP contribution in [0.2, 0.25) is 0 Å². The van der Waals surface area contributed by atoms with E-state index in [1.54, 1.807) is 6.07 Å². The van der Waals surface area contributed by atoms with Gasteiger partial charge in [0.25, 0.3) is 0 Å². The maximum atomic E-state index is 13.7. The predicted octanol–water partition coefficient (Wildman–Crippen LogP) is 1.17. The van der Waals surface area contributed by atoms with Gasteiger partial charge in [0.2, 0.25) is 0 Å². The maximum absolute atomic E-state index is 13.7. The van der Waals surface area contributed by atoms with Gasteiger partial charge in [-0.25, -0.2) is 4.39 Å². The van der Waals surface area contributed by atoms with Crippen LogP contribution >= 0.6 is 0 Å². The molecule has 1 fully saturated rings. The highest BCUT2D eigenvalue weighted by molar-refractivity contribution is 5.45. The lowest BCUT2D eigenvalue weighted by Gasteiger charge is -2.24. The van der Waals surface area contributed by atoms with Crippen LogP contribution < -0.4 is 10.1 Å². The number of benzene rings is 1. The van der Waals surface area contributed by atoms with Gasteiger partial charge in [-0.05, 0) is 25.0 Å². The third kappa shape index (κ3) is 2.59. The molecular formula is C14H18FNO3. The van der Waals surface area contributed by atoms with Gasteiger partial charge in [-0.2, -0.15) is 0 Å². The number of halogens is 1. The second-order valence-corrected chi connectivity index (χ2v) is 5.00. The van der Waals surface area contributed by atoms with Crippen molar-refractivity contribution in [2.24, 2.45) is 0 Å². The van der Waals surface area contributed by atoms with E-state index in [1.165, 1.54) is 6.07 Å². The largest absolute Gasteiger partial charge is 0.491 e. The molecule has 0 spiro atoms. The number of nitrogens with one attached hydrogen (secondary N) is 1. The molecule has 3 rings (SSSR count). The van der Waals surface area contributed by atoms with Gasteiger partial charge >= 0.3 is 0 Å². The molecule has 0 bridgehead atoms. The van der Waals surface area contributed by atoms with Crippen LogP contribution in [0.5, 0.6) is 5.75 Å². The molecule has 1 heterocycles.